The van der Waals surface area contributed by atoms with Crippen LogP contribution in [0.3, 0.4) is 0 Å². The molecule has 2 atom stereocenters. The molecule has 0 aliphatic heterocycles. The Morgan fingerprint density at radius 3 is 2.62 bits per heavy atom. The van der Waals surface area contributed by atoms with E-state index in [2.05, 4.69) is 6.07 Å². The van der Waals surface area contributed by atoms with E-state index in [0.717, 1.165) is 5.56 Å². The SMILES string of the molecule is CC(SC(CC#N)c1ccccc1)C(=O)O. The van der Waals surface area contributed by atoms with Crippen molar-refractivity contribution < 1.29 is 9.90 Å². The quantitative estimate of drug-likeness (QED) is 0.852. The van der Waals surface area contributed by atoms with E-state index in [1.165, 1.54) is 11.8 Å². The number of carboxylic acids is 1. The number of nitrogens with zero attached hydrogens (tertiary/aromatic N) is 1. The van der Waals surface area contributed by atoms with Gasteiger partial charge >= 0.3 is 5.97 Å². The zero-order chi connectivity index (χ0) is 12.0. The van der Waals surface area contributed by atoms with Gasteiger partial charge in [0.25, 0.3) is 0 Å². The van der Waals surface area contributed by atoms with Gasteiger partial charge < -0.3 is 5.11 Å². The van der Waals surface area contributed by atoms with Crippen LogP contribution in [-0.2, 0) is 4.79 Å². The topological polar surface area (TPSA) is 61.1 Å². The molecule has 0 aliphatic carbocycles. The second-order valence-electron chi connectivity index (χ2n) is 3.38. The molecule has 0 saturated heterocycles. The normalized spacial score (nSPS) is 13.8. The van der Waals surface area contributed by atoms with Crippen molar-refractivity contribution in [3.05, 3.63) is 35.9 Å². The van der Waals surface area contributed by atoms with Gasteiger partial charge in [-0.05, 0) is 12.5 Å². The Morgan fingerprint density at radius 1 is 1.50 bits per heavy atom. The molecule has 2 unspecified atom stereocenters. The van der Waals surface area contributed by atoms with Crippen LogP contribution in [0.4, 0.5) is 0 Å². The van der Waals surface area contributed by atoms with Gasteiger partial charge in [-0.15, -0.1) is 11.8 Å². The zero-order valence-corrected chi connectivity index (χ0v) is 9.78. The Balaban J connectivity index is 2.77. The molecule has 0 saturated carbocycles. The van der Waals surface area contributed by atoms with Crippen LogP contribution in [0.1, 0.15) is 24.2 Å². The van der Waals surface area contributed by atoms with Crippen molar-refractivity contribution in [2.24, 2.45) is 0 Å². The fourth-order valence-electron chi connectivity index (χ4n) is 1.30. The number of carbonyl (C=O) groups is 1. The molecule has 3 nitrogen and oxygen atoms in total. The molecule has 0 fully saturated rings. The molecule has 84 valence electrons. The average molecular weight is 235 g/mol. The third-order valence-electron chi connectivity index (χ3n) is 2.16. The van der Waals surface area contributed by atoms with E-state index in [4.69, 9.17) is 10.4 Å². The summed E-state index contributed by atoms with van der Waals surface area (Å²) in [6.45, 7) is 1.64. The summed E-state index contributed by atoms with van der Waals surface area (Å²) in [5, 5.41) is 17.0. The highest BCUT2D eigenvalue weighted by atomic mass is 32.2. The molecule has 0 radical (unpaired) electrons. The van der Waals surface area contributed by atoms with Gasteiger partial charge in [0.2, 0.25) is 0 Å². The molecule has 0 aliphatic rings. The summed E-state index contributed by atoms with van der Waals surface area (Å²) >= 11 is 1.31. The van der Waals surface area contributed by atoms with Crippen LogP contribution in [-0.4, -0.2) is 16.3 Å². The molecule has 0 aromatic heterocycles. The Bertz CT molecular complexity index is 386. The predicted octanol–water partition coefficient (Wildman–Crippen LogP) is 2.85. The van der Waals surface area contributed by atoms with E-state index in [1.54, 1.807) is 6.92 Å². The lowest BCUT2D eigenvalue weighted by molar-refractivity contribution is -0.136. The minimum absolute atomic E-state index is 0.0719. The Labute approximate surface area is 99.1 Å². The Hall–Kier alpha value is -1.47. The largest absolute Gasteiger partial charge is 0.480 e. The van der Waals surface area contributed by atoms with Crippen molar-refractivity contribution in [3.63, 3.8) is 0 Å². The van der Waals surface area contributed by atoms with Crippen molar-refractivity contribution in [3.8, 4) is 6.07 Å². The van der Waals surface area contributed by atoms with Crippen LogP contribution in [0.25, 0.3) is 0 Å². The van der Waals surface area contributed by atoms with E-state index >= 15 is 0 Å². The summed E-state index contributed by atoms with van der Waals surface area (Å²) in [6, 6.07) is 11.6. The lowest BCUT2D eigenvalue weighted by atomic mass is 10.1. The molecular weight excluding hydrogens is 222 g/mol. The maximum absolute atomic E-state index is 10.8. The number of thioether (sulfide) groups is 1. The summed E-state index contributed by atoms with van der Waals surface area (Å²) in [6.07, 6.45) is 0.326. The van der Waals surface area contributed by atoms with Gasteiger partial charge in [-0.3, -0.25) is 4.79 Å². The minimum Gasteiger partial charge on any atom is -0.480 e. The van der Waals surface area contributed by atoms with Gasteiger partial charge in [0.15, 0.2) is 0 Å². The van der Waals surface area contributed by atoms with Crippen molar-refractivity contribution in [1.82, 2.24) is 0 Å². The summed E-state index contributed by atoms with van der Waals surface area (Å²) in [4.78, 5) is 10.8. The molecule has 0 spiro atoms. The lowest BCUT2D eigenvalue weighted by Gasteiger charge is -2.16. The zero-order valence-electron chi connectivity index (χ0n) is 8.96. The van der Waals surface area contributed by atoms with Gasteiger partial charge in [0.05, 0.1) is 12.5 Å². The lowest BCUT2D eigenvalue weighted by Crippen LogP contribution is -2.13. The van der Waals surface area contributed by atoms with E-state index in [1.807, 2.05) is 30.3 Å². The van der Waals surface area contributed by atoms with Crippen molar-refractivity contribution in [1.29, 1.82) is 5.26 Å². The maximum atomic E-state index is 10.8. The highest BCUT2D eigenvalue weighted by Gasteiger charge is 2.19. The number of nitriles is 1. The molecule has 4 heteroatoms. The molecule has 0 bridgehead atoms. The van der Waals surface area contributed by atoms with E-state index in [9.17, 15) is 4.79 Å². The van der Waals surface area contributed by atoms with Gasteiger partial charge in [0.1, 0.15) is 5.25 Å². The second-order valence-corrected chi connectivity index (χ2v) is 4.93. The number of benzene rings is 1. The molecular formula is C12H13NO2S. The van der Waals surface area contributed by atoms with Crippen LogP contribution < -0.4 is 0 Å². The van der Waals surface area contributed by atoms with Gasteiger partial charge in [-0.1, -0.05) is 30.3 Å². The highest BCUT2D eigenvalue weighted by Crippen LogP contribution is 2.34. The van der Waals surface area contributed by atoms with Gasteiger partial charge in [-0.2, -0.15) is 5.26 Å². The number of aliphatic carboxylic acids is 1. The first-order valence-electron chi connectivity index (χ1n) is 4.95. The monoisotopic (exact) mass is 235 g/mol. The van der Waals surface area contributed by atoms with Crippen LogP contribution in [0.15, 0.2) is 30.3 Å². The van der Waals surface area contributed by atoms with Crippen LogP contribution in [0, 0.1) is 11.3 Å². The third-order valence-corrected chi connectivity index (χ3v) is 3.54. The van der Waals surface area contributed by atoms with Crippen molar-refractivity contribution in [2.75, 3.05) is 0 Å². The first-order chi connectivity index (χ1) is 7.65. The standard InChI is InChI=1S/C12H13NO2S/c1-9(12(14)15)16-11(7-8-13)10-5-3-2-4-6-10/h2-6,9,11H,7H2,1H3,(H,14,15). The molecule has 16 heavy (non-hydrogen) atoms. The van der Waals surface area contributed by atoms with Crippen molar-refractivity contribution in [2.45, 2.75) is 23.8 Å². The number of rotatable bonds is 5. The molecule has 0 amide bonds. The van der Waals surface area contributed by atoms with Crippen LogP contribution >= 0.6 is 11.8 Å². The van der Waals surface area contributed by atoms with Crippen molar-refractivity contribution >= 4 is 17.7 Å². The van der Waals surface area contributed by atoms with E-state index in [0.29, 0.717) is 6.42 Å². The van der Waals surface area contributed by atoms with Crippen LogP contribution in [0.2, 0.25) is 0 Å². The summed E-state index contributed by atoms with van der Waals surface area (Å²) < 4.78 is 0. The molecule has 1 rings (SSSR count). The minimum atomic E-state index is -0.844. The molecule has 1 N–H and O–H groups in total. The number of hydrogen-bond acceptors (Lipinski definition) is 3. The second kappa shape index (κ2) is 6.19. The maximum Gasteiger partial charge on any atom is 0.316 e. The van der Waals surface area contributed by atoms with Crippen LogP contribution in [0.5, 0.6) is 0 Å². The third kappa shape index (κ3) is 3.59. The first-order valence-corrected chi connectivity index (χ1v) is 5.89. The van der Waals surface area contributed by atoms with E-state index in [-0.39, 0.29) is 5.25 Å². The Kier molecular flexibility index (Phi) is 4.87. The predicted molar refractivity (Wildman–Crippen MR) is 64.1 cm³/mol. The fourth-order valence-corrected chi connectivity index (χ4v) is 2.39. The molecule has 1 aromatic rings. The average Bonchev–Trinajstić information content (AvgIpc) is 2.29. The van der Waals surface area contributed by atoms with E-state index < -0.39 is 11.2 Å². The first kappa shape index (κ1) is 12.6. The number of hydrogen-bond donors (Lipinski definition) is 1. The number of carboxylic acid groups (broad SMARTS) is 1. The highest BCUT2D eigenvalue weighted by molar-refractivity contribution is 8.00. The summed E-state index contributed by atoms with van der Waals surface area (Å²) in [5.41, 5.74) is 1.00. The van der Waals surface area contributed by atoms with Gasteiger partial charge in [-0.25, -0.2) is 0 Å². The smallest absolute Gasteiger partial charge is 0.316 e. The molecule has 0 heterocycles. The van der Waals surface area contributed by atoms with Gasteiger partial charge in [0, 0.05) is 5.25 Å². The Morgan fingerprint density at radius 2 is 2.12 bits per heavy atom. The summed E-state index contributed by atoms with van der Waals surface area (Å²) in [5.74, 6) is -0.844. The fraction of sp³-hybridized carbons (Fsp3) is 0.333. The molecule has 1 aromatic carbocycles. The summed E-state index contributed by atoms with van der Waals surface area (Å²) in [7, 11) is 0.